The third kappa shape index (κ3) is 12.8. The minimum absolute atomic E-state index is 0. The van der Waals surface area contributed by atoms with Gasteiger partial charge in [-0.1, -0.05) is 44.6 Å². The van der Waals surface area contributed by atoms with Gasteiger partial charge >= 0.3 is 44.7 Å². The number of rotatable bonds is 15. The molecule has 0 aromatic heterocycles. The molecule has 0 spiro atoms. The van der Waals surface area contributed by atoms with E-state index in [0.29, 0.717) is 19.3 Å². The molecule has 6 unspecified atom stereocenters. The molecule has 0 heterocycles. The summed E-state index contributed by atoms with van der Waals surface area (Å²) in [7, 11) is -5.85. The lowest BCUT2D eigenvalue weighted by Crippen LogP contribution is -2.64. The van der Waals surface area contributed by atoms with Gasteiger partial charge in [0.15, 0.2) is 0 Å². The number of carbonyl (C=O) groups is 1. The van der Waals surface area contributed by atoms with E-state index in [2.05, 4.69) is 0 Å². The van der Waals surface area contributed by atoms with Crippen LogP contribution < -0.4 is 0 Å². The summed E-state index contributed by atoms with van der Waals surface area (Å²) in [4.78, 5) is 13.1. The zero-order valence-electron chi connectivity index (χ0n) is 25.9. The Morgan fingerprint density at radius 2 is 1.20 bits per heavy atom. The highest BCUT2D eigenvalue weighted by atomic mass is 28.5. The van der Waals surface area contributed by atoms with Crippen molar-refractivity contribution < 1.29 is 71.3 Å². The first-order valence-corrected chi connectivity index (χ1v) is 19.7. The summed E-state index contributed by atoms with van der Waals surface area (Å²) in [5, 5.41) is 9.73. The van der Waals surface area contributed by atoms with Crippen LogP contribution in [-0.4, -0.2) is 96.6 Å². The van der Waals surface area contributed by atoms with Gasteiger partial charge in [0.2, 0.25) is 0 Å². The molecular formula is C30H68F6O10Si3. The molecule has 0 aromatic carbocycles. The van der Waals surface area contributed by atoms with Gasteiger partial charge in [0.25, 0.3) is 5.60 Å². The highest BCUT2D eigenvalue weighted by Gasteiger charge is 2.70. The monoisotopic (exact) mass is 786 g/mol. The Labute approximate surface area is 295 Å². The normalized spacial score (nSPS) is 23.1. The fourth-order valence-electron chi connectivity index (χ4n) is 6.06. The van der Waals surface area contributed by atoms with E-state index >= 15 is 0 Å². The van der Waals surface area contributed by atoms with Crippen LogP contribution in [0.5, 0.6) is 0 Å². The van der Waals surface area contributed by atoms with Crippen LogP contribution in [0.15, 0.2) is 0 Å². The molecule has 0 amide bonds. The number of halogens is 6. The Bertz CT molecular complexity index is 931. The first-order valence-electron chi connectivity index (χ1n) is 13.7. The molecule has 0 aromatic rings. The van der Waals surface area contributed by atoms with E-state index in [1.807, 2.05) is 0 Å². The summed E-state index contributed by atoms with van der Waals surface area (Å²) < 4.78 is 126. The molecule has 0 radical (unpaired) electrons. The van der Waals surface area contributed by atoms with Gasteiger partial charge in [-0.05, 0) is 71.3 Å². The summed E-state index contributed by atoms with van der Waals surface area (Å²) in [6.07, 6.45) is -12.7. The molecule has 6 atom stereocenters. The number of fused-ring (bicyclic) bond motifs is 2. The predicted octanol–water partition coefficient (Wildman–Crippen LogP) is 8.91. The first kappa shape index (κ1) is 57.7. The lowest BCUT2D eigenvalue weighted by atomic mass is 9.88. The smallest absolute Gasteiger partial charge is 0.460 e. The maximum Gasteiger partial charge on any atom is 0.671 e. The maximum atomic E-state index is 13.4. The molecule has 2 aliphatic rings. The fourth-order valence-corrected chi connectivity index (χ4v) is 17.5. The van der Waals surface area contributed by atoms with Gasteiger partial charge in [-0.3, -0.25) is 4.79 Å². The summed E-state index contributed by atoms with van der Waals surface area (Å²) in [6.45, 7) is 6.97. The molecule has 1 N–H and O–H groups in total. The van der Waals surface area contributed by atoms with Gasteiger partial charge in [-0.2, -0.15) is 26.3 Å². The Morgan fingerprint density at radius 1 is 0.735 bits per heavy atom. The van der Waals surface area contributed by atoms with Crippen LogP contribution in [0.3, 0.4) is 0 Å². The molecule has 302 valence electrons. The molecule has 10 nitrogen and oxygen atoms in total. The lowest BCUT2D eigenvalue weighted by Gasteiger charge is -2.44. The molecule has 19 heteroatoms. The van der Waals surface area contributed by atoms with Crippen LogP contribution >= 0.6 is 0 Å². The van der Waals surface area contributed by atoms with E-state index in [1.165, 1.54) is 28.4 Å². The number of ether oxygens (including phenoxy) is 1. The zero-order chi connectivity index (χ0) is 33.3. The number of hydrogen-bond acceptors (Lipinski definition) is 10. The number of carbonyl (C=O) groups excluding carboxylic acids is 1. The predicted molar refractivity (Wildman–Crippen MR) is 186 cm³/mol. The highest BCUT2D eigenvalue weighted by Crippen LogP contribution is 2.59. The van der Waals surface area contributed by atoms with Crippen molar-refractivity contribution in [3.63, 3.8) is 0 Å². The van der Waals surface area contributed by atoms with Crippen LogP contribution in [0.25, 0.3) is 0 Å². The Morgan fingerprint density at radius 3 is 1.55 bits per heavy atom. The molecule has 2 rings (SSSR count). The second kappa shape index (κ2) is 20.6. The van der Waals surface area contributed by atoms with E-state index < -0.39 is 74.8 Å². The summed E-state index contributed by atoms with van der Waals surface area (Å²) in [5.74, 6) is -0.828. The van der Waals surface area contributed by atoms with Crippen molar-refractivity contribution in [1.29, 1.82) is 0 Å². The summed E-state index contributed by atoms with van der Waals surface area (Å²) in [6, 6.07) is -0.606. The number of hydrogen-bond donors (Lipinski definition) is 1. The van der Waals surface area contributed by atoms with Gasteiger partial charge < -0.3 is 40.2 Å². The van der Waals surface area contributed by atoms with Crippen molar-refractivity contribution in [3.8, 4) is 0 Å². The maximum absolute atomic E-state index is 13.4. The zero-order valence-corrected chi connectivity index (χ0v) is 28.9. The van der Waals surface area contributed by atoms with Gasteiger partial charge in [0.05, 0.1) is 5.92 Å². The van der Waals surface area contributed by atoms with Crippen LogP contribution in [0, 0.1) is 17.8 Å². The van der Waals surface area contributed by atoms with Crippen molar-refractivity contribution >= 4 is 32.4 Å². The molecule has 0 aliphatic heterocycles. The number of esters is 1. The second-order valence-corrected chi connectivity index (χ2v) is 21.4. The third-order valence-electron chi connectivity index (χ3n) is 8.26. The number of aliphatic hydroxyl groups is 1. The highest BCUT2D eigenvalue weighted by molar-refractivity contribution is 6.82. The second-order valence-electron chi connectivity index (χ2n) is 12.1. The van der Waals surface area contributed by atoms with E-state index in [1.54, 1.807) is 27.3 Å². The Balaban J connectivity index is -0.00000108. The van der Waals surface area contributed by atoms with Crippen molar-refractivity contribution in [2.45, 2.75) is 139 Å². The summed E-state index contributed by atoms with van der Waals surface area (Å²) >= 11 is 0. The van der Waals surface area contributed by atoms with Gasteiger partial charge in [-0.15, -0.1) is 0 Å². The SMILES string of the molecule is C.C.C.C.C.C.CO[Si](CCCC(O)(C(F)(F)F)C(F)(F)F)(O[Si](OC)(OC)OC)O[Si](C)(OC)C1CC2CC(C(=O)OC(C)(C)C)C1C2. The van der Waals surface area contributed by atoms with Crippen LogP contribution in [0.4, 0.5) is 26.3 Å². The topological polar surface area (TPSA) is 111 Å². The quantitative estimate of drug-likeness (QED) is 0.0982. The average Bonchev–Trinajstić information content (AvgIpc) is 3.51. The van der Waals surface area contributed by atoms with Crippen LogP contribution in [0.2, 0.25) is 18.1 Å². The van der Waals surface area contributed by atoms with Crippen molar-refractivity contribution in [2.24, 2.45) is 17.8 Å². The van der Waals surface area contributed by atoms with Crippen molar-refractivity contribution in [2.75, 3.05) is 35.5 Å². The first-order chi connectivity index (χ1) is 19.5. The molecule has 2 fully saturated rings. The lowest BCUT2D eigenvalue weighted by molar-refractivity contribution is -0.370. The summed E-state index contributed by atoms with van der Waals surface area (Å²) in [5.41, 5.74) is -5.99. The molecule has 2 aliphatic carbocycles. The minimum atomic E-state index is -6.00. The van der Waals surface area contributed by atoms with Gasteiger partial charge in [-0.25, -0.2) is 0 Å². The van der Waals surface area contributed by atoms with E-state index in [9.17, 15) is 36.2 Å². The van der Waals surface area contributed by atoms with E-state index in [4.69, 9.17) is 35.1 Å². The molecule has 2 saturated carbocycles. The van der Waals surface area contributed by atoms with Gasteiger partial charge in [0.1, 0.15) is 5.60 Å². The van der Waals surface area contributed by atoms with Crippen LogP contribution in [0.1, 0.15) is 97.4 Å². The van der Waals surface area contributed by atoms with Crippen molar-refractivity contribution in [3.05, 3.63) is 0 Å². The third-order valence-corrected chi connectivity index (χ3v) is 19.3. The average molecular weight is 787 g/mol. The van der Waals surface area contributed by atoms with Crippen molar-refractivity contribution in [1.82, 2.24) is 0 Å². The Kier molecular flexibility index (Phi) is 24.2. The van der Waals surface area contributed by atoms with Crippen LogP contribution in [-0.2, 0) is 39.9 Å². The number of alkyl halides is 6. The standard InChI is InChI=1S/C24H44F6O10Si3.6CH4/c1-21(2,3)38-20(31)18-14-16-13-17(18)19(15-16)41(9,33-4)39-42(34-5,40-43(35-6,36-7)37-8)12-10-11-22(32,23(25,26)27)24(28,29)30;;;;;;/h16-19,32H,10-15H2,1-9H3;6*1H4. The van der Waals surface area contributed by atoms with E-state index in [0.717, 1.165) is 7.11 Å². The van der Waals surface area contributed by atoms with Gasteiger partial charge in [0, 0.05) is 47.1 Å². The Hall–Kier alpha value is -0.619. The molecular weight excluding hydrogens is 719 g/mol. The fraction of sp³-hybridized carbons (Fsp3) is 0.967. The molecule has 2 bridgehead atoms. The molecule has 0 saturated heterocycles. The largest absolute Gasteiger partial charge is 0.671 e. The minimum Gasteiger partial charge on any atom is -0.460 e. The molecule has 49 heavy (non-hydrogen) atoms. The van der Waals surface area contributed by atoms with E-state index in [-0.39, 0.29) is 67.9 Å².